The van der Waals surface area contributed by atoms with Crippen LogP contribution in [0.15, 0.2) is 42.0 Å². The summed E-state index contributed by atoms with van der Waals surface area (Å²) in [5.41, 5.74) is 1.34. The van der Waals surface area contributed by atoms with Crippen LogP contribution in [-0.4, -0.2) is 23.5 Å². The minimum absolute atomic E-state index is 0.407. The van der Waals surface area contributed by atoms with E-state index in [1.54, 1.807) is 0 Å². The number of fused-ring (bicyclic) bond motifs is 1. The maximum absolute atomic E-state index is 3.13. The second-order valence-corrected chi connectivity index (χ2v) is 2.76. The van der Waals surface area contributed by atoms with Gasteiger partial charge in [0.15, 0.2) is 5.87 Å². The molecule has 0 N–H and O–H groups in total. The Labute approximate surface area is 66.4 Å². The van der Waals surface area contributed by atoms with Crippen molar-refractivity contribution >= 4 is 5.87 Å². The van der Waals surface area contributed by atoms with E-state index in [9.17, 15) is 0 Å². The highest BCUT2D eigenvalue weighted by molar-refractivity contribution is 5.55. The molecule has 0 aromatic heterocycles. The Morgan fingerprint density at radius 1 is 1.45 bits per heavy atom. The van der Waals surface area contributed by atoms with E-state index >= 15 is 0 Å². The zero-order valence-corrected chi connectivity index (χ0v) is 6.49. The lowest BCUT2D eigenvalue weighted by atomic mass is 10.0. The second-order valence-electron chi connectivity index (χ2n) is 2.76. The molecule has 1 aliphatic heterocycles. The van der Waals surface area contributed by atoms with Crippen LogP contribution >= 0.6 is 0 Å². The molecular formula is C10H10N+. The Kier molecular flexibility index (Phi) is 1.38. The summed E-state index contributed by atoms with van der Waals surface area (Å²) in [7, 11) is 2.04. The third kappa shape index (κ3) is 0.997. The topological polar surface area (TPSA) is 3.01 Å². The number of hydrogen-bond acceptors (Lipinski definition) is 0. The Morgan fingerprint density at radius 3 is 3.18 bits per heavy atom. The summed E-state index contributed by atoms with van der Waals surface area (Å²) in [5.74, 6) is 3.13. The molecule has 11 heavy (non-hydrogen) atoms. The lowest BCUT2D eigenvalue weighted by molar-refractivity contribution is -0.509. The fourth-order valence-electron chi connectivity index (χ4n) is 1.38. The molecule has 1 atom stereocenters. The fraction of sp³-hybridized carbons (Fsp3) is 0.200. The SMILES string of the molecule is C[N+]1=C=CC=C2C=CC=CC21. The summed E-state index contributed by atoms with van der Waals surface area (Å²) < 4.78 is 2.08. The quantitative estimate of drug-likeness (QED) is 0.451. The van der Waals surface area contributed by atoms with Crippen LogP contribution in [0.2, 0.25) is 0 Å². The number of likely N-dealkylation sites (N-methyl/N-ethyl adjacent to an activating group) is 1. The van der Waals surface area contributed by atoms with Crippen LogP contribution in [0.5, 0.6) is 0 Å². The summed E-state index contributed by atoms with van der Waals surface area (Å²) in [6.07, 6.45) is 12.5. The number of rotatable bonds is 0. The van der Waals surface area contributed by atoms with Crippen LogP contribution in [0.4, 0.5) is 0 Å². The molecule has 0 fully saturated rings. The highest BCUT2D eigenvalue weighted by Gasteiger charge is 2.20. The first kappa shape index (κ1) is 6.38. The van der Waals surface area contributed by atoms with Gasteiger partial charge in [0.05, 0.1) is 0 Å². The van der Waals surface area contributed by atoms with Gasteiger partial charge < -0.3 is 0 Å². The molecule has 0 bridgehead atoms. The van der Waals surface area contributed by atoms with Crippen LogP contribution in [0, 0.1) is 0 Å². The summed E-state index contributed by atoms with van der Waals surface area (Å²) in [6.45, 7) is 0. The number of hydrogen-bond donors (Lipinski definition) is 0. The van der Waals surface area contributed by atoms with Gasteiger partial charge in [-0.25, -0.2) is 0 Å². The van der Waals surface area contributed by atoms with Crippen molar-refractivity contribution in [2.24, 2.45) is 0 Å². The van der Waals surface area contributed by atoms with E-state index in [0.29, 0.717) is 6.04 Å². The zero-order chi connectivity index (χ0) is 7.68. The molecule has 1 heterocycles. The smallest absolute Gasteiger partial charge is 0.180 e. The molecule has 2 aliphatic rings. The third-order valence-corrected chi connectivity index (χ3v) is 2.01. The molecular weight excluding hydrogens is 134 g/mol. The normalized spacial score (nSPS) is 26.1. The van der Waals surface area contributed by atoms with Crippen molar-refractivity contribution in [1.82, 2.24) is 0 Å². The standard InChI is InChI=1S/C10H10N/c1-11-8-4-6-9-5-2-3-7-10(9)11/h2-7,10H,1H3/q+1. The van der Waals surface area contributed by atoms with Gasteiger partial charge >= 0.3 is 0 Å². The molecule has 1 nitrogen and oxygen atoms in total. The van der Waals surface area contributed by atoms with Crippen molar-refractivity contribution in [2.75, 3.05) is 7.05 Å². The van der Waals surface area contributed by atoms with Crippen molar-refractivity contribution in [2.45, 2.75) is 6.04 Å². The minimum atomic E-state index is 0.407. The van der Waals surface area contributed by atoms with Gasteiger partial charge in [-0.05, 0) is 12.2 Å². The van der Waals surface area contributed by atoms with E-state index in [1.807, 2.05) is 13.1 Å². The van der Waals surface area contributed by atoms with Gasteiger partial charge in [0.1, 0.15) is 7.05 Å². The predicted octanol–water partition coefficient (Wildman–Crippen LogP) is 1.29. The highest BCUT2D eigenvalue weighted by atomic mass is 15.0. The van der Waals surface area contributed by atoms with Crippen LogP contribution in [-0.2, 0) is 0 Å². The predicted molar refractivity (Wildman–Crippen MR) is 45.9 cm³/mol. The van der Waals surface area contributed by atoms with Crippen LogP contribution in [0.3, 0.4) is 0 Å². The van der Waals surface area contributed by atoms with E-state index in [-0.39, 0.29) is 0 Å². The van der Waals surface area contributed by atoms with Gasteiger partial charge in [-0.1, -0.05) is 18.2 Å². The van der Waals surface area contributed by atoms with Gasteiger partial charge in [0.25, 0.3) is 0 Å². The first-order valence-electron chi connectivity index (χ1n) is 3.75. The van der Waals surface area contributed by atoms with Gasteiger partial charge in [-0.2, -0.15) is 4.58 Å². The first-order chi connectivity index (χ1) is 5.38. The minimum Gasteiger partial charge on any atom is -0.180 e. The van der Waals surface area contributed by atoms with E-state index < -0.39 is 0 Å². The molecule has 0 aromatic rings. The van der Waals surface area contributed by atoms with Gasteiger partial charge in [-0.15, -0.1) is 0 Å². The maximum Gasteiger partial charge on any atom is 0.205 e. The molecule has 2 rings (SSSR count). The van der Waals surface area contributed by atoms with E-state index in [2.05, 4.69) is 40.8 Å². The van der Waals surface area contributed by atoms with Crippen molar-refractivity contribution in [3.8, 4) is 0 Å². The maximum atomic E-state index is 3.13. The van der Waals surface area contributed by atoms with Crippen molar-refractivity contribution in [3.05, 3.63) is 42.0 Å². The summed E-state index contributed by atoms with van der Waals surface area (Å²) >= 11 is 0. The molecule has 0 radical (unpaired) electrons. The number of allylic oxidation sites excluding steroid dienone is 4. The monoisotopic (exact) mass is 144 g/mol. The summed E-state index contributed by atoms with van der Waals surface area (Å²) in [5, 5.41) is 0. The van der Waals surface area contributed by atoms with Crippen molar-refractivity contribution in [3.63, 3.8) is 0 Å². The first-order valence-corrected chi connectivity index (χ1v) is 3.75. The Hall–Kier alpha value is -1.33. The Balaban J connectivity index is 2.48. The van der Waals surface area contributed by atoms with Crippen molar-refractivity contribution < 1.29 is 4.58 Å². The molecule has 1 aliphatic carbocycles. The third-order valence-electron chi connectivity index (χ3n) is 2.01. The Morgan fingerprint density at radius 2 is 2.36 bits per heavy atom. The lowest BCUT2D eigenvalue weighted by Crippen LogP contribution is -2.24. The van der Waals surface area contributed by atoms with E-state index in [0.717, 1.165) is 0 Å². The number of nitrogens with zero attached hydrogens (tertiary/aromatic N) is 1. The fourth-order valence-corrected chi connectivity index (χ4v) is 1.38. The summed E-state index contributed by atoms with van der Waals surface area (Å²) in [6, 6.07) is 0.407. The summed E-state index contributed by atoms with van der Waals surface area (Å²) in [4.78, 5) is 0. The lowest BCUT2D eigenvalue weighted by Gasteiger charge is -2.12. The Bertz CT molecular complexity index is 323. The zero-order valence-electron chi connectivity index (χ0n) is 6.49. The molecule has 0 aromatic carbocycles. The van der Waals surface area contributed by atoms with Gasteiger partial charge in [0, 0.05) is 11.6 Å². The molecule has 0 spiro atoms. The van der Waals surface area contributed by atoms with Crippen LogP contribution < -0.4 is 0 Å². The molecule has 0 saturated heterocycles. The largest absolute Gasteiger partial charge is 0.205 e. The van der Waals surface area contributed by atoms with Gasteiger partial charge in [-0.3, -0.25) is 0 Å². The molecule has 0 amide bonds. The average molecular weight is 144 g/mol. The van der Waals surface area contributed by atoms with Crippen LogP contribution in [0.25, 0.3) is 0 Å². The second kappa shape index (κ2) is 2.37. The molecule has 54 valence electrons. The van der Waals surface area contributed by atoms with E-state index in [1.165, 1.54) is 5.57 Å². The van der Waals surface area contributed by atoms with Crippen molar-refractivity contribution in [1.29, 1.82) is 0 Å². The van der Waals surface area contributed by atoms with E-state index in [4.69, 9.17) is 0 Å². The van der Waals surface area contributed by atoms with Crippen LogP contribution in [0.1, 0.15) is 0 Å². The molecule has 0 saturated carbocycles. The molecule has 1 heteroatoms. The van der Waals surface area contributed by atoms with Gasteiger partial charge in [0.2, 0.25) is 6.04 Å². The molecule has 1 unspecified atom stereocenters. The average Bonchev–Trinajstić information content (AvgIpc) is 2.06. The highest BCUT2D eigenvalue weighted by Crippen LogP contribution is 2.15.